The van der Waals surface area contributed by atoms with Gasteiger partial charge in [0.05, 0.1) is 6.42 Å². The highest BCUT2D eigenvalue weighted by molar-refractivity contribution is 5.88. The van der Waals surface area contributed by atoms with E-state index in [-0.39, 0.29) is 17.9 Å². The van der Waals surface area contributed by atoms with Crippen LogP contribution in [0.4, 0.5) is 0 Å². The summed E-state index contributed by atoms with van der Waals surface area (Å²) in [6.45, 7) is 8.39. The fourth-order valence-electron chi connectivity index (χ4n) is 4.12. The summed E-state index contributed by atoms with van der Waals surface area (Å²) in [5.74, 6) is -0.0679. The Balaban J connectivity index is 1.79. The van der Waals surface area contributed by atoms with Gasteiger partial charge in [0.15, 0.2) is 0 Å². The molecule has 160 valence electrons. The van der Waals surface area contributed by atoms with Crippen LogP contribution in [-0.4, -0.2) is 28.8 Å². The van der Waals surface area contributed by atoms with Crippen LogP contribution < -0.4 is 5.32 Å². The van der Waals surface area contributed by atoms with Gasteiger partial charge < -0.3 is 10.2 Å². The van der Waals surface area contributed by atoms with Gasteiger partial charge >= 0.3 is 0 Å². The minimum Gasteiger partial charge on any atom is -0.352 e. The maximum absolute atomic E-state index is 13.4. The van der Waals surface area contributed by atoms with E-state index in [0.717, 1.165) is 47.9 Å². The van der Waals surface area contributed by atoms with E-state index < -0.39 is 6.04 Å². The molecule has 0 aliphatic heterocycles. The van der Waals surface area contributed by atoms with E-state index in [1.165, 1.54) is 5.56 Å². The zero-order valence-electron chi connectivity index (χ0n) is 18.7. The average molecular weight is 407 g/mol. The Kier molecular flexibility index (Phi) is 7.30. The number of benzene rings is 2. The lowest BCUT2D eigenvalue weighted by molar-refractivity contribution is -0.140. The molecule has 30 heavy (non-hydrogen) atoms. The number of aryl methyl sites for hydroxylation is 3. The van der Waals surface area contributed by atoms with Crippen LogP contribution in [0.2, 0.25) is 0 Å². The predicted molar refractivity (Wildman–Crippen MR) is 121 cm³/mol. The monoisotopic (exact) mass is 406 g/mol. The van der Waals surface area contributed by atoms with Crippen molar-refractivity contribution in [3.8, 4) is 0 Å². The van der Waals surface area contributed by atoms with Crippen molar-refractivity contribution in [3.63, 3.8) is 0 Å². The third-order valence-electron chi connectivity index (χ3n) is 6.19. The summed E-state index contributed by atoms with van der Waals surface area (Å²) in [7, 11) is 0. The topological polar surface area (TPSA) is 49.4 Å². The molecule has 0 bridgehead atoms. The molecule has 4 heteroatoms. The Hall–Kier alpha value is -2.62. The van der Waals surface area contributed by atoms with Gasteiger partial charge in [-0.25, -0.2) is 0 Å². The number of amides is 2. The van der Waals surface area contributed by atoms with Gasteiger partial charge in [-0.3, -0.25) is 9.59 Å². The number of nitrogens with zero attached hydrogens (tertiary/aromatic N) is 1. The molecular weight excluding hydrogens is 372 g/mol. The summed E-state index contributed by atoms with van der Waals surface area (Å²) in [6, 6.07) is 14.1. The van der Waals surface area contributed by atoms with E-state index in [1.54, 1.807) is 4.90 Å². The van der Waals surface area contributed by atoms with Crippen LogP contribution in [0, 0.1) is 20.8 Å². The van der Waals surface area contributed by atoms with E-state index in [1.807, 2.05) is 52.0 Å². The van der Waals surface area contributed by atoms with Crippen molar-refractivity contribution < 1.29 is 9.59 Å². The van der Waals surface area contributed by atoms with Crippen molar-refractivity contribution in [2.24, 2.45) is 0 Å². The van der Waals surface area contributed by atoms with Crippen molar-refractivity contribution in [1.82, 2.24) is 10.2 Å². The van der Waals surface area contributed by atoms with Crippen molar-refractivity contribution in [2.45, 2.75) is 78.4 Å². The second-order valence-corrected chi connectivity index (χ2v) is 8.78. The van der Waals surface area contributed by atoms with E-state index in [4.69, 9.17) is 0 Å². The summed E-state index contributed by atoms with van der Waals surface area (Å²) in [5, 5.41) is 3.16. The first-order valence-electron chi connectivity index (χ1n) is 11.0. The van der Waals surface area contributed by atoms with Gasteiger partial charge in [-0.2, -0.15) is 0 Å². The largest absolute Gasteiger partial charge is 0.352 e. The van der Waals surface area contributed by atoms with Gasteiger partial charge in [0.25, 0.3) is 0 Å². The lowest BCUT2D eigenvalue weighted by atomic mass is 10.0. The lowest BCUT2D eigenvalue weighted by Crippen LogP contribution is -2.50. The molecule has 2 aromatic rings. The van der Waals surface area contributed by atoms with Crippen LogP contribution in [0.15, 0.2) is 42.5 Å². The maximum atomic E-state index is 13.4. The molecule has 2 amide bonds. The molecule has 0 radical (unpaired) electrons. The predicted octanol–water partition coefficient (Wildman–Crippen LogP) is 4.63. The first-order chi connectivity index (χ1) is 14.3. The zero-order valence-corrected chi connectivity index (χ0v) is 18.7. The molecule has 3 rings (SSSR count). The van der Waals surface area contributed by atoms with Crippen molar-refractivity contribution in [3.05, 3.63) is 70.3 Å². The smallest absolute Gasteiger partial charge is 0.242 e. The molecule has 0 heterocycles. The highest BCUT2D eigenvalue weighted by Gasteiger charge is 2.28. The van der Waals surface area contributed by atoms with Crippen LogP contribution in [-0.2, 0) is 22.6 Å². The Labute approximate surface area is 180 Å². The SMILES string of the molecule is Cc1ccc(CN(C(=O)Cc2cc(C)ccc2C)[C@H](C)C(=O)NC2CCCC2)cc1. The number of nitrogens with one attached hydrogen (secondary N) is 1. The van der Waals surface area contributed by atoms with Crippen LogP contribution in [0.5, 0.6) is 0 Å². The molecule has 1 aliphatic carbocycles. The number of carbonyl (C=O) groups is 2. The van der Waals surface area contributed by atoms with Gasteiger partial charge in [0.2, 0.25) is 11.8 Å². The third kappa shape index (κ3) is 5.71. The first-order valence-corrected chi connectivity index (χ1v) is 11.0. The van der Waals surface area contributed by atoms with E-state index in [9.17, 15) is 9.59 Å². The van der Waals surface area contributed by atoms with Crippen molar-refractivity contribution in [2.75, 3.05) is 0 Å². The van der Waals surface area contributed by atoms with Gasteiger partial charge in [0, 0.05) is 12.6 Å². The summed E-state index contributed by atoms with van der Waals surface area (Å²) < 4.78 is 0. The van der Waals surface area contributed by atoms with Crippen LogP contribution in [0.25, 0.3) is 0 Å². The quantitative estimate of drug-likeness (QED) is 0.729. The number of rotatable bonds is 7. The molecule has 4 nitrogen and oxygen atoms in total. The fraction of sp³-hybridized carbons (Fsp3) is 0.462. The molecule has 2 aromatic carbocycles. The van der Waals surface area contributed by atoms with Gasteiger partial charge in [-0.1, -0.05) is 66.4 Å². The maximum Gasteiger partial charge on any atom is 0.242 e. The summed E-state index contributed by atoms with van der Waals surface area (Å²) in [5.41, 5.74) is 5.49. The molecule has 1 atom stereocenters. The number of hydrogen-bond acceptors (Lipinski definition) is 2. The lowest BCUT2D eigenvalue weighted by Gasteiger charge is -2.30. The zero-order chi connectivity index (χ0) is 21.7. The fourth-order valence-corrected chi connectivity index (χ4v) is 4.12. The molecule has 0 aromatic heterocycles. The molecule has 1 N–H and O–H groups in total. The van der Waals surface area contributed by atoms with Crippen LogP contribution in [0.3, 0.4) is 0 Å². The van der Waals surface area contributed by atoms with Gasteiger partial charge in [0.1, 0.15) is 6.04 Å². The normalized spacial score (nSPS) is 15.1. The Bertz CT molecular complexity index is 882. The molecule has 1 saturated carbocycles. The minimum absolute atomic E-state index is 0.0154. The average Bonchev–Trinajstić information content (AvgIpc) is 3.22. The second kappa shape index (κ2) is 9.92. The van der Waals surface area contributed by atoms with Crippen LogP contribution in [0.1, 0.15) is 60.4 Å². The molecule has 0 saturated heterocycles. The van der Waals surface area contributed by atoms with Gasteiger partial charge in [-0.05, 0) is 57.2 Å². The highest BCUT2D eigenvalue weighted by atomic mass is 16.2. The van der Waals surface area contributed by atoms with E-state index >= 15 is 0 Å². The highest BCUT2D eigenvalue weighted by Crippen LogP contribution is 2.19. The minimum atomic E-state index is -0.510. The van der Waals surface area contributed by atoms with E-state index in [2.05, 4.69) is 23.5 Å². The van der Waals surface area contributed by atoms with Crippen LogP contribution >= 0.6 is 0 Å². The van der Waals surface area contributed by atoms with Gasteiger partial charge in [-0.15, -0.1) is 0 Å². The molecule has 1 fully saturated rings. The Morgan fingerprint density at radius 3 is 2.30 bits per heavy atom. The summed E-state index contributed by atoms with van der Waals surface area (Å²) >= 11 is 0. The van der Waals surface area contributed by atoms with Crippen molar-refractivity contribution in [1.29, 1.82) is 0 Å². The number of carbonyl (C=O) groups excluding carboxylic acids is 2. The third-order valence-corrected chi connectivity index (χ3v) is 6.19. The molecular formula is C26H34N2O2. The van der Waals surface area contributed by atoms with Crippen molar-refractivity contribution >= 4 is 11.8 Å². The first kappa shape index (κ1) is 22.1. The van der Waals surface area contributed by atoms with E-state index in [0.29, 0.717) is 13.0 Å². The number of hydrogen-bond donors (Lipinski definition) is 1. The standard InChI is InChI=1S/C26H34N2O2/c1-18-10-13-22(14-11-18)17-28(21(4)26(30)27-24-7-5-6-8-24)25(29)16-23-15-19(2)9-12-20(23)3/h9-15,21,24H,5-8,16-17H2,1-4H3,(H,27,30)/t21-/m1/s1. The molecule has 1 aliphatic rings. The Morgan fingerprint density at radius 1 is 1.00 bits per heavy atom. The summed E-state index contributed by atoms with van der Waals surface area (Å²) in [6.07, 6.45) is 4.70. The second-order valence-electron chi connectivity index (χ2n) is 8.78. The Morgan fingerprint density at radius 2 is 1.63 bits per heavy atom. The molecule has 0 unspecified atom stereocenters. The molecule has 0 spiro atoms. The summed E-state index contributed by atoms with van der Waals surface area (Å²) in [4.78, 5) is 28.1.